The van der Waals surface area contributed by atoms with E-state index < -0.39 is 0 Å². The Hall–Kier alpha value is -0.150. The van der Waals surface area contributed by atoms with Gasteiger partial charge in [-0.25, -0.2) is 0 Å². The smallest absolute Gasteiger partial charge is 0.121 e. The van der Waals surface area contributed by atoms with E-state index in [4.69, 9.17) is 4.74 Å². The van der Waals surface area contributed by atoms with Crippen LogP contribution in [0, 0.1) is 0 Å². The standard InChI is InChI=1S/C12H20O2S/c13-11(12-7-4-8-14-12)9-15-10-5-2-1-3-6-10/h7,10-11,13H,1-6,8-9H2. The lowest BCUT2D eigenvalue weighted by atomic mass is 10.0. The van der Waals surface area contributed by atoms with E-state index in [2.05, 4.69) is 0 Å². The Morgan fingerprint density at radius 3 is 2.87 bits per heavy atom. The van der Waals surface area contributed by atoms with Gasteiger partial charge in [0.1, 0.15) is 11.9 Å². The molecular formula is C12H20O2S. The maximum absolute atomic E-state index is 9.87. The maximum atomic E-state index is 9.87. The summed E-state index contributed by atoms with van der Waals surface area (Å²) < 4.78 is 5.35. The molecule has 0 aromatic carbocycles. The first-order valence-electron chi connectivity index (χ1n) is 5.99. The highest BCUT2D eigenvalue weighted by Gasteiger charge is 2.19. The van der Waals surface area contributed by atoms with Crippen molar-refractivity contribution in [3.63, 3.8) is 0 Å². The van der Waals surface area contributed by atoms with Crippen LogP contribution >= 0.6 is 11.8 Å². The van der Waals surface area contributed by atoms with Gasteiger partial charge in [-0.1, -0.05) is 19.3 Å². The molecule has 0 bridgehead atoms. The van der Waals surface area contributed by atoms with E-state index in [9.17, 15) is 5.11 Å². The molecule has 1 heterocycles. The Kier molecular flexibility index (Phi) is 4.39. The van der Waals surface area contributed by atoms with E-state index in [0.29, 0.717) is 0 Å². The molecule has 1 aliphatic heterocycles. The normalized spacial score (nSPS) is 24.7. The highest BCUT2D eigenvalue weighted by molar-refractivity contribution is 7.99. The van der Waals surface area contributed by atoms with E-state index in [-0.39, 0.29) is 6.10 Å². The molecule has 1 N–H and O–H groups in total. The summed E-state index contributed by atoms with van der Waals surface area (Å²) in [5.41, 5.74) is 0. The fraction of sp³-hybridized carbons (Fsp3) is 0.833. The molecular weight excluding hydrogens is 208 g/mol. The molecule has 0 aromatic heterocycles. The molecule has 2 nitrogen and oxygen atoms in total. The fourth-order valence-corrected chi connectivity index (χ4v) is 3.50. The van der Waals surface area contributed by atoms with Gasteiger partial charge >= 0.3 is 0 Å². The molecule has 1 unspecified atom stereocenters. The van der Waals surface area contributed by atoms with Crippen molar-refractivity contribution in [2.75, 3.05) is 12.4 Å². The quantitative estimate of drug-likeness (QED) is 0.802. The first-order valence-corrected chi connectivity index (χ1v) is 7.03. The largest absolute Gasteiger partial charge is 0.495 e. The molecule has 0 aromatic rings. The molecule has 2 aliphatic rings. The Bertz CT molecular complexity index is 222. The van der Waals surface area contributed by atoms with E-state index >= 15 is 0 Å². The minimum Gasteiger partial charge on any atom is -0.495 e. The van der Waals surface area contributed by atoms with Crippen LogP contribution in [0.1, 0.15) is 38.5 Å². The minimum absolute atomic E-state index is 0.376. The topological polar surface area (TPSA) is 29.5 Å². The lowest BCUT2D eigenvalue weighted by Gasteiger charge is -2.22. The molecule has 86 valence electrons. The Labute approximate surface area is 96.1 Å². The van der Waals surface area contributed by atoms with Crippen LogP contribution in [0.4, 0.5) is 0 Å². The molecule has 1 atom stereocenters. The van der Waals surface area contributed by atoms with Gasteiger partial charge in [0.2, 0.25) is 0 Å². The zero-order chi connectivity index (χ0) is 10.5. The molecule has 3 heteroatoms. The van der Waals surface area contributed by atoms with Gasteiger partial charge in [-0.2, -0.15) is 11.8 Å². The summed E-state index contributed by atoms with van der Waals surface area (Å²) in [5.74, 6) is 1.61. The molecule has 15 heavy (non-hydrogen) atoms. The fourth-order valence-electron chi connectivity index (χ4n) is 2.21. The number of hydrogen-bond acceptors (Lipinski definition) is 3. The molecule has 1 fully saturated rings. The molecule has 0 saturated heterocycles. The average Bonchev–Trinajstić information content (AvgIpc) is 2.81. The third-order valence-corrected chi connectivity index (χ3v) is 4.55. The van der Waals surface area contributed by atoms with Gasteiger partial charge < -0.3 is 9.84 Å². The van der Waals surface area contributed by atoms with Crippen molar-refractivity contribution in [2.45, 2.75) is 49.9 Å². The van der Waals surface area contributed by atoms with Crippen molar-refractivity contribution in [3.05, 3.63) is 11.8 Å². The monoisotopic (exact) mass is 228 g/mol. The van der Waals surface area contributed by atoms with Crippen molar-refractivity contribution >= 4 is 11.8 Å². The highest BCUT2D eigenvalue weighted by atomic mass is 32.2. The molecule has 0 spiro atoms. The zero-order valence-corrected chi connectivity index (χ0v) is 9.97. The van der Waals surface area contributed by atoms with Crippen LogP contribution in [0.2, 0.25) is 0 Å². The third-order valence-electron chi connectivity index (χ3n) is 3.10. The van der Waals surface area contributed by atoms with Crippen LogP contribution in [0.25, 0.3) is 0 Å². The lowest BCUT2D eigenvalue weighted by molar-refractivity contribution is 0.133. The summed E-state index contributed by atoms with van der Waals surface area (Å²) in [7, 11) is 0. The number of thioether (sulfide) groups is 1. The van der Waals surface area contributed by atoms with Crippen molar-refractivity contribution in [2.24, 2.45) is 0 Å². The number of aliphatic hydroxyl groups is 1. The second-order valence-electron chi connectivity index (χ2n) is 4.35. The third kappa shape index (κ3) is 3.42. The number of hydrogen-bond donors (Lipinski definition) is 1. The molecule has 1 aliphatic carbocycles. The van der Waals surface area contributed by atoms with Crippen molar-refractivity contribution in [3.8, 4) is 0 Å². The first-order chi connectivity index (χ1) is 7.36. The van der Waals surface area contributed by atoms with Crippen LogP contribution in [-0.2, 0) is 4.74 Å². The van der Waals surface area contributed by atoms with E-state index in [1.165, 1.54) is 32.1 Å². The van der Waals surface area contributed by atoms with E-state index in [0.717, 1.165) is 29.8 Å². The van der Waals surface area contributed by atoms with E-state index in [1.807, 2.05) is 17.8 Å². The van der Waals surface area contributed by atoms with Gasteiger partial charge in [0.05, 0.1) is 6.61 Å². The Morgan fingerprint density at radius 1 is 1.40 bits per heavy atom. The minimum atomic E-state index is -0.376. The zero-order valence-electron chi connectivity index (χ0n) is 9.15. The SMILES string of the molecule is OC(CSC1CCCCC1)C1=CCCO1. The summed E-state index contributed by atoms with van der Waals surface area (Å²) in [4.78, 5) is 0. The molecule has 0 radical (unpaired) electrons. The Balaban J connectivity index is 1.67. The number of rotatable bonds is 4. The van der Waals surface area contributed by atoms with Crippen molar-refractivity contribution < 1.29 is 9.84 Å². The second-order valence-corrected chi connectivity index (χ2v) is 5.69. The number of aliphatic hydroxyl groups excluding tert-OH is 1. The number of ether oxygens (including phenoxy) is 1. The van der Waals surface area contributed by atoms with Gasteiger partial charge in [-0.3, -0.25) is 0 Å². The molecule has 2 rings (SSSR count). The van der Waals surface area contributed by atoms with Crippen LogP contribution in [-0.4, -0.2) is 28.8 Å². The van der Waals surface area contributed by atoms with E-state index in [1.54, 1.807) is 0 Å². The predicted molar refractivity (Wildman–Crippen MR) is 64.0 cm³/mol. The molecule has 0 amide bonds. The summed E-state index contributed by atoms with van der Waals surface area (Å²) in [6.45, 7) is 0.750. The van der Waals surface area contributed by atoms with Crippen molar-refractivity contribution in [1.29, 1.82) is 0 Å². The summed E-state index contributed by atoms with van der Waals surface area (Å²) >= 11 is 1.92. The lowest BCUT2D eigenvalue weighted by Crippen LogP contribution is -2.17. The van der Waals surface area contributed by atoms with Gasteiger partial charge in [0.15, 0.2) is 0 Å². The van der Waals surface area contributed by atoms with Gasteiger partial charge in [0, 0.05) is 17.4 Å². The van der Waals surface area contributed by atoms with Crippen LogP contribution in [0.5, 0.6) is 0 Å². The maximum Gasteiger partial charge on any atom is 0.121 e. The van der Waals surface area contributed by atoms with Gasteiger partial charge in [0.25, 0.3) is 0 Å². The van der Waals surface area contributed by atoms with Gasteiger partial charge in [-0.05, 0) is 18.9 Å². The van der Waals surface area contributed by atoms with Gasteiger partial charge in [-0.15, -0.1) is 0 Å². The molecule has 1 saturated carbocycles. The van der Waals surface area contributed by atoms with Crippen LogP contribution in [0.15, 0.2) is 11.8 Å². The highest BCUT2D eigenvalue weighted by Crippen LogP contribution is 2.29. The first kappa shape index (κ1) is 11.3. The second kappa shape index (κ2) is 5.80. The predicted octanol–water partition coefficient (Wildman–Crippen LogP) is 2.72. The summed E-state index contributed by atoms with van der Waals surface area (Å²) in [6.07, 6.45) is 9.40. The summed E-state index contributed by atoms with van der Waals surface area (Å²) in [6, 6.07) is 0. The average molecular weight is 228 g/mol. The Morgan fingerprint density at radius 2 is 2.20 bits per heavy atom. The van der Waals surface area contributed by atoms with Crippen LogP contribution < -0.4 is 0 Å². The van der Waals surface area contributed by atoms with Crippen LogP contribution in [0.3, 0.4) is 0 Å². The van der Waals surface area contributed by atoms with Crippen molar-refractivity contribution in [1.82, 2.24) is 0 Å². The summed E-state index contributed by atoms with van der Waals surface area (Å²) in [5, 5.41) is 10.6.